The van der Waals surface area contributed by atoms with Gasteiger partial charge in [0.1, 0.15) is 23.6 Å². The molecule has 3 rings (SSSR count). The number of aliphatic hydroxyl groups excluding tert-OH is 1. The van der Waals surface area contributed by atoms with Crippen molar-refractivity contribution in [3.8, 4) is 11.5 Å². The van der Waals surface area contributed by atoms with Crippen LogP contribution in [0.15, 0.2) is 22.0 Å². The molecular formula is C14H17BN2O5S2. The highest BCUT2D eigenvalue weighted by Crippen LogP contribution is 2.40. The fraction of sp³-hybridized carbons (Fsp3) is 0.429. The van der Waals surface area contributed by atoms with Crippen molar-refractivity contribution in [2.24, 2.45) is 0 Å². The molecule has 1 aromatic heterocycles. The van der Waals surface area contributed by atoms with Gasteiger partial charge in [-0.3, -0.25) is 0 Å². The monoisotopic (exact) mass is 368 g/mol. The first-order chi connectivity index (χ1) is 11.7. The minimum absolute atomic E-state index is 0.183. The Morgan fingerprint density at radius 1 is 1.46 bits per heavy atom. The van der Waals surface area contributed by atoms with Gasteiger partial charge >= 0.3 is 7.12 Å². The van der Waals surface area contributed by atoms with Gasteiger partial charge in [0.25, 0.3) is 0 Å². The lowest BCUT2D eigenvalue weighted by Gasteiger charge is -2.28. The van der Waals surface area contributed by atoms with Crippen molar-refractivity contribution in [2.45, 2.75) is 22.5 Å². The number of thioether (sulfide) groups is 1. The van der Waals surface area contributed by atoms with Gasteiger partial charge in [-0.05, 0) is 18.1 Å². The molecule has 7 nitrogen and oxygen atoms in total. The molecule has 0 saturated carbocycles. The van der Waals surface area contributed by atoms with Crippen molar-refractivity contribution in [1.29, 1.82) is 0 Å². The molecule has 0 fully saturated rings. The molecule has 1 aromatic carbocycles. The van der Waals surface area contributed by atoms with Gasteiger partial charge in [0.05, 0.1) is 23.9 Å². The summed E-state index contributed by atoms with van der Waals surface area (Å²) in [6.45, 7) is 0.596. The van der Waals surface area contributed by atoms with Crippen LogP contribution in [0.4, 0.5) is 0 Å². The van der Waals surface area contributed by atoms with Crippen LogP contribution in [0.5, 0.6) is 11.5 Å². The van der Waals surface area contributed by atoms with E-state index in [4.69, 9.17) is 14.1 Å². The van der Waals surface area contributed by atoms with Crippen molar-refractivity contribution < 1.29 is 24.3 Å². The van der Waals surface area contributed by atoms with Gasteiger partial charge in [-0.2, -0.15) is 0 Å². The molecule has 24 heavy (non-hydrogen) atoms. The third-order valence-electron chi connectivity index (χ3n) is 3.57. The highest BCUT2D eigenvalue weighted by molar-refractivity contribution is 8.02. The van der Waals surface area contributed by atoms with Gasteiger partial charge < -0.3 is 24.3 Å². The first-order valence-corrected chi connectivity index (χ1v) is 9.13. The van der Waals surface area contributed by atoms with Gasteiger partial charge in [-0.1, -0.05) is 29.2 Å². The van der Waals surface area contributed by atoms with E-state index in [0.29, 0.717) is 36.7 Å². The van der Waals surface area contributed by atoms with Crippen molar-refractivity contribution in [1.82, 2.24) is 10.2 Å². The number of hydrogen-bond donors (Lipinski definition) is 2. The van der Waals surface area contributed by atoms with Gasteiger partial charge in [-0.25, -0.2) is 0 Å². The molecule has 10 heteroatoms. The Hall–Kier alpha value is -1.33. The average Bonchev–Trinajstić information content (AvgIpc) is 3.09. The van der Waals surface area contributed by atoms with E-state index in [0.717, 1.165) is 9.90 Å². The summed E-state index contributed by atoms with van der Waals surface area (Å²) in [6, 6.07) is 3.71. The Morgan fingerprint density at radius 3 is 3.04 bits per heavy atom. The number of nitrogens with zero attached hydrogens (tertiary/aromatic N) is 2. The van der Waals surface area contributed by atoms with E-state index in [1.165, 1.54) is 23.1 Å². The van der Waals surface area contributed by atoms with Crippen molar-refractivity contribution in [2.75, 3.05) is 20.3 Å². The smallest absolute Gasteiger partial charge is 0.535 e. The van der Waals surface area contributed by atoms with Crippen LogP contribution in [-0.4, -0.2) is 52.9 Å². The number of hydrogen-bond acceptors (Lipinski definition) is 9. The Balaban J connectivity index is 1.79. The maximum Gasteiger partial charge on any atom is 0.537 e. The largest absolute Gasteiger partial charge is 0.537 e. The molecule has 0 aliphatic carbocycles. The molecule has 2 N–H and O–H groups in total. The third-order valence-corrected chi connectivity index (χ3v) is 5.62. The summed E-state index contributed by atoms with van der Waals surface area (Å²) in [7, 11) is 0.601. The highest BCUT2D eigenvalue weighted by Gasteiger charge is 2.37. The zero-order valence-electron chi connectivity index (χ0n) is 13.0. The first-order valence-electron chi connectivity index (χ1n) is 7.37. The molecule has 1 aliphatic heterocycles. The highest BCUT2D eigenvalue weighted by atomic mass is 32.2. The van der Waals surface area contributed by atoms with E-state index in [1.54, 1.807) is 12.6 Å². The van der Waals surface area contributed by atoms with E-state index in [9.17, 15) is 10.1 Å². The normalized spacial score (nSPS) is 16.6. The number of aliphatic hydroxyl groups is 1. The molecule has 0 spiro atoms. The Bertz CT molecular complexity index is 673. The van der Waals surface area contributed by atoms with Crippen molar-refractivity contribution >= 4 is 30.2 Å². The number of rotatable bonds is 7. The number of methoxy groups -OCH3 is 1. The molecule has 0 radical (unpaired) electrons. The summed E-state index contributed by atoms with van der Waals surface area (Å²) in [4.78, 5) is 0. The summed E-state index contributed by atoms with van der Waals surface area (Å²) < 4.78 is 17.0. The molecular weight excluding hydrogens is 351 g/mol. The van der Waals surface area contributed by atoms with Crippen LogP contribution in [-0.2, 0) is 17.8 Å². The van der Waals surface area contributed by atoms with Gasteiger partial charge in [-0.15, -0.1) is 10.2 Å². The Labute approximate surface area is 148 Å². The number of ether oxygens (including phenoxy) is 2. The van der Waals surface area contributed by atoms with Crippen molar-refractivity contribution in [3.05, 3.63) is 28.8 Å². The second-order valence-electron chi connectivity index (χ2n) is 5.10. The summed E-state index contributed by atoms with van der Waals surface area (Å²) in [5, 5.41) is 27.6. The predicted molar refractivity (Wildman–Crippen MR) is 91.6 cm³/mol. The fourth-order valence-corrected chi connectivity index (χ4v) is 4.23. The summed E-state index contributed by atoms with van der Waals surface area (Å²) in [5.74, 6) is 1.03. The maximum absolute atomic E-state index is 10.3. The fourth-order valence-electron chi connectivity index (χ4n) is 2.44. The summed E-state index contributed by atoms with van der Waals surface area (Å²) in [6.07, 6.45) is 0.603. The van der Waals surface area contributed by atoms with Crippen LogP contribution in [0.25, 0.3) is 0 Å². The van der Waals surface area contributed by atoms with E-state index in [-0.39, 0.29) is 11.8 Å². The molecule has 0 bridgehead atoms. The van der Waals surface area contributed by atoms with Crippen LogP contribution < -0.4 is 9.39 Å². The maximum atomic E-state index is 10.3. The van der Waals surface area contributed by atoms with Crippen LogP contribution in [0.3, 0.4) is 0 Å². The SMILES string of the molecule is COCCOc1ccc2c(c1CO)OB(O)[C@@H](Sc1nncs1)C2. The molecule has 1 atom stereocenters. The molecule has 0 amide bonds. The number of benzene rings is 1. The van der Waals surface area contributed by atoms with E-state index in [1.807, 2.05) is 12.1 Å². The zero-order valence-corrected chi connectivity index (χ0v) is 14.7. The third kappa shape index (κ3) is 3.84. The second kappa shape index (κ2) is 8.17. The molecule has 0 unspecified atom stereocenters. The Kier molecular flexibility index (Phi) is 5.96. The van der Waals surface area contributed by atoms with Crippen LogP contribution in [0, 0.1) is 0 Å². The molecule has 2 heterocycles. The van der Waals surface area contributed by atoms with E-state index < -0.39 is 7.12 Å². The molecule has 2 aromatic rings. The summed E-state index contributed by atoms with van der Waals surface area (Å²) in [5.41, 5.74) is 3.12. The lowest BCUT2D eigenvalue weighted by molar-refractivity contribution is 0.144. The lowest BCUT2D eigenvalue weighted by Crippen LogP contribution is -2.40. The van der Waals surface area contributed by atoms with Gasteiger partial charge in [0.2, 0.25) is 0 Å². The average molecular weight is 368 g/mol. The van der Waals surface area contributed by atoms with Gasteiger partial charge in [0, 0.05) is 7.11 Å². The quantitative estimate of drug-likeness (QED) is 0.556. The second-order valence-corrected chi connectivity index (χ2v) is 7.42. The predicted octanol–water partition coefficient (Wildman–Crippen LogP) is 1.17. The van der Waals surface area contributed by atoms with Crippen LogP contribution in [0.2, 0.25) is 0 Å². The van der Waals surface area contributed by atoms with Gasteiger partial charge in [0.15, 0.2) is 4.34 Å². The van der Waals surface area contributed by atoms with E-state index in [2.05, 4.69) is 10.2 Å². The topological polar surface area (TPSA) is 93.9 Å². The zero-order chi connectivity index (χ0) is 16.9. The van der Waals surface area contributed by atoms with Crippen molar-refractivity contribution in [3.63, 3.8) is 0 Å². The lowest BCUT2D eigenvalue weighted by atomic mass is 9.77. The summed E-state index contributed by atoms with van der Waals surface area (Å²) >= 11 is 2.86. The molecule has 1 aliphatic rings. The standard InChI is InChI=1S/C14H17BN2O5S2/c1-20-4-5-21-11-3-2-9-6-12(24-14-17-16-8-23-14)15(19)22-13(9)10(11)7-18/h2-3,8,12,18-19H,4-7H2,1H3/t12-/m0/s1. The minimum Gasteiger partial charge on any atom is -0.535 e. The molecule has 128 valence electrons. The van der Waals surface area contributed by atoms with Crippen LogP contribution >= 0.6 is 23.1 Å². The number of fused-ring (bicyclic) bond motifs is 1. The molecule has 0 saturated heterocycles. The van der Waals surface area contributed by atoms with E-state index >= 15 is 0 Å². The van der Waals surface area contributed by atoms with Crippen LogP contribution in [0.1, 0.15) is 11.1 Å². The first kappa shape index (κ1) is 17.5. The number of aromatic nitrogens is 2. The Morgan fingerprint density at radius 2 is 2.33 bits per heavy atom. The minimum atomic E-state index is -0.995.